The molecule has 2 atom stereocenters. The van der Waals surface area contributed by atoms with Gasteiger partial charge in [0.1, 0.15) is 10.6 Å². The summed E-state index contributed by atoms with van der Waals surface area (Å²) in [5.41, 5.74) is 0.0649. The molecule has 3 aromatic rings. The van der Waals surface area contributed by atoms with Crippen LogP contribution in [0, 0.1) is 17.2 Å². The number of aromatic hydroxyl groups is 1. The van der Waals surface area contributed by atoms with Gasteiger partial charge in [0.05, 0.1) is 34.8 Å². The lowest BCUT2D eigenvalue weighted by Gasteiger charge is -2.45. The SMILES string of the molecule is CCCc1ccccc1C1(C#N)CCN(C(=O)C2CCCN(C(=O)c3cnccc3C(F)(F)F)C2CCC)CC1.CS(=O)(=O)NC=O.Oc1csc(C(F)(F)F)c1. The smallest absolute Gasteiger partial charge is 0.425 e. The molecule has 0 bridgehead atoms. The molecule has 2 aromatic heterocycles. The first-order chi connectivity index (χ1) is 26.7. The Morgan fingerprint density at radius 2 is 1.74 bits per heavy atom. The molecule has 5 rings (SSSR count). The van der Waals surface area contributed by atoms with Crippen molar-refractivity contribution in [3.8, 4) is 11.8 Å². The van der Waals surface area contributed by atoms with E-state index in [1.54, 1.807) is 9.62 Å². The lowest BCUT2D eigenvalue weighted by Crippen LogP contribution is -2.55. The minimum Gasteiger partial charge on any atom is -0.507 e. The highest BCUT2D eigenvalue weighted by Crippen LogP contribution is 2.40. The van der Waals surface area contributed by atoms with E-state index in [4.69, 9.17) is 5.11 Å². The minimum atomic E-state index is -4.68. The molecule has 2 aliphatic rings. The summed E-state index contributed by atoms with van der Waals surface area (Å²) in [6, 6.07) is 11.7. The molecule has 1 aromatic carbocycles. The number of benzene rings is 1. The van der Waals surface area contributed by atoms with E-state index in [2.05, 4.69) is 24.0 Å². The Kier molecular flexibility index (Phi) is 16.5. The molecular weight excluding hydrogens is 801 g/mol. The van der Waals surface area contributed by atoms with E-state index in [-0.39, 0.29) is 18.1 Å². The Hall–Kier alpha value is -4.70. The first-order valence-electron chi connectivity index (χ1n) is 18.1. The van der Waals surface area contributed by atoms with Crippen LogP contribution in [0.25, 0.3) is 0 Å². The van der Waals surface area contributed by atoms with Crippen LogP contribution >= 0.6 is 11.3 Å². The van der Waals surface area contributed by atoms with Gasteiger partial charge >= 0.3 is 12.4 Å². The first-order valence-corrected chi connectivity index (χ1v) is 20.9. The molecule has 3 amide bonds. The molecule has 57 heavy (non-hydrogen) atoms. The number of thiophene rings is 1. The predicted octanol–water partition coefficient (Wildman–Crippen LogP) is 7.32. The number of hydrogen-bond donors (Lipinski definition) is 2. The molecule has 312 valence electrons. The fraction of sp³-hybridized carbons (Fsp3) is 0.500. The Bertz CT molecular complexity index is 1970. The van der Waals surface area contributed by atoms with Crippen molar-refractivity contribution in [3.05, 3.63) is 81.3 Å². The van der Waals surface area contributed by atoms with Crippen molar-refractivity contribution in [1.82, 2.24) is 19.5 Å². The molecule has 0 saturated carbocycles. The molecule has 4 heterocycles. The number of piperidine rings is 2. The number of aromatic nitrogens is 1. The largest absolute Gasteiger partial charge is 0.507 e. The molecule has 2 saturated heterocycles. The number of likely N-dealkylation sites (tertiary alicyclic amines) is 2. The molecule has 0 aliphatic carbocycles. The fourth-order valence-corrected chi connectivity index (χ4v) is 7.85. The van der Waals surface area contributed by atoms with Crippen molar-refractivity contribution >= 4 is 39.6 Å². The van der Waals surface area contributed by atoms with Gasteiger partial charge in [0.25, 0.3) is 5.91 Å². The van der Waals surface area contributed by atoms with E-state index in [0.29, 0.717) is 75.6 Å². The van der Waals surface area contributed by atoms with Crippen LogP contribution in [0.1, 0.15) is 90.7 Å². The Balaban J connectivity index is 0.000000422. The van der Waals surface area contributed by atoms with Crippen molar-refractivity contribution in [2.45, 2.75) is 89.0 Å². The van der Waals surface area contributed by atoms with Crippen molar-refractivity contribution in [1.29, 1.82) is 5.26 Å². The van der Waals surface area contributed by atoms with Crippen molar-refractivity contribution in [2.75, 3.05) is 25.9 Å². The van der Waals surface area contributed by atoms with Crippen LogP contribution in [0.4, 0.5) is 26.3 Å². The van der Waals surface area contributed by atoms with Gasteiger partial charge in [-0.1, -0.05) is 51.0 Å². The highest BCUT2D eigenvalue weighted by Gasteiger charge is 2.45. The van der Waals surface area contributed by atoms with Crippen molar-refractivity contribution < 1.29 is 54.3 Å². The maximum atomic E-state index is 13.9. The number of halogens is 6. The van der Waals surface area contributed by atoms with Gasteiger partial charge in [0.2, 0.25) is 22.3 Å². The van der Waals surface area contributed by atoms with Crippen LogP contribution in [0.2, 0.25) is 0 Å². The molecule has 2 aliphatic heterocycles. The summed E-state index contributed by atoms with van der Waals surface area (Å²) >= 11 is 0.481. The average Bonchev–Trinajstić information content (AvgIpc) is 3.62. The topological polar surface area (TPSA) is 161 Å². The van der Waals surface area contributed by atoms with E-state index in [9.17, 15) is 54.4 Å². The van der Waals surface area contributed by atoms with E-state index in [1.807, 2.05) is 25.1 Å². The number of nitriles is 1. The van der Waals surface area contributed by atoms with Crippen LogP contribution in [-0.4, -0.2) is 78.5 Å². The monoisotopic (exact) mass is 845 g/mol. The number of nitrogens with zero attached hydrogens (tertiary/aromatic N) is 4. The summed E-state index contributed by atoms with van der Waals surface area (Å²) in [6.07, 6.45) is -0.765. The molecule has 0 spiro atoms. The predicted molar refractivity (Wildman–Crippen MR) is 200 cm³/mol. The summed E-state index contributed by atoms with van der Waals surface area (Å²) in [4.78, 5) is 43.0. The van der Waals surface area contributed by atoms with E-state index in [0.717, 1.165) is 48.5 Å². The zero-order chi connectivity index (χ0) is 42.6. The number of pyridine rings is 1. The fourth-order valence-electron chi connectivity index (χ4n) is 7.04. The van der Waals surface area contributed by atoms with Gasteiger partial charge in [0, 0.05) is 49.5 Å². The number of nitrogens with one attached hydrogen (secondary N) is 1. The Labute approximate surface area is 331 Å². The van der Waals surface area contributed by atoms with Gasteiger partial charge in [-0.05, 0) is 55.7 Å². The van der Waals surface area contributed by atoms with Gasteiger partial charge in [-0.3, -0.25) is 24.1 Å². The molecular formula is C38H45F6N5O6S2. The second-order valence-corrected chi connectivity index (χ2v) is 16.3. The van der Waals surface area contributed by atoms with Crippen LogP contribution in [0.3, 0.4) is 0 Å². The first kappa shape index (κ1) is 46.7. The molecule has 11 nitrogen and oxygen atoms in total. The average molecular weight is 846 g/mol. The van der Waals surface area contributed by atoms with Crippen molar-refractivity contribution in [3.63, 3.8) is 0 Å². The normalized spacial score (nSPS) is 18.2. The molecule has 2 fully saturated rings. The number of alkyl halides is 6. The van der Waals surface area contributed by atoms with Gasteiger partial charge in [-0.15, -0.1) is 11.3 Å². The zero-order valence-electron chi connectivity index (χ0n) is 31.6. The molecule has 2 unspecified atom stereocenters. The third-order valence-corrected chi connectivity index (χ3v) is 11.1. The third kappa shape index (κ3) is 12.6. The standard InChI is InChI=1S/C31H37F3N4O2.C5H3F3OS.C2H5NO3S/c1-3-8-22-10-5-6-12-25(22)30(21-35)14-18-37(19-15-30)28(39)23-11-7-17-38(27(23)9-4-2)29(40)24-20-36-16-13-26(24)31(32,33)34;6-5(7,8)4-1-3(9)2-10-4;1-7(5,6)3-2-4/h5-6,10,12-13,16,20,23,27H,3-4,7-9,11,14-15,17-19H2,1-2H3;1-2,9H;2H,1H3,(H,3,4). The number of sulfonamides is 1. The quantitative estimate of drug-likeness (QED) is 0.167. The van der Waals surface area contributed by atoms with Crippen molar-refractivity contribution in [2.24, 2.45) is 5.92 Å². The summed E-state index contributed by atoms with van der Waals surface area (Å²) in [7, 11) is -3.29. The van der Waals surface area contributed by atoms with Crippen LogP contribution in [-0.2, 0) is 43.8 Å². The minimum absolute atomic E-state index is 0.0773. The Morgan fingerprint density at radius 1 is 1.07 bits per heavy atom. The summed E-state index contributed by atoms with van der Waals surface area (Å²) in [5.74, 6) is -1.64. The summed E-state index contributed by atoms with van der Waals surface area (Å²) in [5, 5.41) is 19.8. The second kappa shape index (κ2) is 20.1. The lowest BCUT2D eigenvalue weighted by atomic mass is 9.71. The summed E-state index contributed by atoms with van der Waals surface area (Å²) in [6.45, 7) is 5.21. The van der Waals surface area contributed by atoms with Gasteiger partial charge in [0.15, 0.2) is 0 Å². The third-order valence-electron chi connectivity index (χ3n) is 9.62. The maximum Gasteiger partial charge on any atom is 0.425 e. The van der Waals surface area contributed by atoms with E-state index >= 15 is 0 Å². The second-order valence-electron chi connectivity index (χ2n) is 13.6. The number of aryl methyl sites for hydroxylation is 1. The van der Waals surface area contributed by atoms with Gasteiger partial charge in [-0.2, -0.15) is 31.6 Å². The number of rotatable bonds is 9. The zero-order valence-corrected chi connectivity index (χ0v) is 33.2. The number of carbonyl (C=O) groups excluding carboxylic acids is 3. The lowest BCUT2D eigenvalue weighted by molar-refractivity contribution is -0.141. The molecule has 0 radical (unpaired) electrons. The van der Waals surface area contributed by atoms with Gasteiger partial charge in [-0.25, -0.2) is 8.42 Å². The van der Waals surface area contributed by atoms with Crippen LogP contribution in [0.15, 0.2) is 54.2 Å². The van der Waals surface area contributed by atoms with Crippen LogP contribution < -0.4 is 4.72 Å². The number of carbonyl (C=O) groups is 3. The molecule has 19 heteroatoms. The number of amides is 3. The summed E-state index contributed by atoms with van der Waals surface area (Å²) < 4.78 is 97.5. The highest BCUT2D eigenvalue weighted by molar-refractivity contribution is 7.89. The van der Waals surface area contributed by atoms with Gasteiger partial charge < -0.3 is 14.9 Å². The highest BCUT2D eigenvalue weighted by atomic mass is 32.2. The Morgan fingerprint density at radius 3 is 2.23 bits per heavy atom. The van der Waals surface area contributed by atoms with E-state index < -0.39 is 61.7 Å². The number of hydrogen-bond acceptors (Lipinski definition) is 9. The molecule has 2 N–H and O–H groups in total. The van der Waals surface area contributed by atoms with Crippen LogP contribution in [0.5, 0.6) is 5.75 Å². The maximum absolute atomic E-state index is 13.9. The van der Waals surface area contributed by atoms with E-state index in [1.165, 1.54) is 10.5 Å².